The van der Waals surface area contributed by atoms with Gasteiger partial charge in [0.1, 0.15) is 18.3 Å². The fourth-order valence-electron chi connectivity index (χ4n) is 1.71. The monoisotopic (exact) mass is 259 g/mol. The number of hydrogen-bond donors (Lipinski definition) is 1. The smallest absolute Gasteiger partial charge is 0.269 e. The van der Waals surface area contributed by atoms with Crippen molar-refractivity contribution in [3.05, 3.63) is 29.4 Å². The highest BCUT2D eigenvalue weighted by molar-refractivity contribution is 5.82. The zero-order valence-electron chi connectivity index (χ0n) is 9.16. The summed E-state index contributed by atoms with van der Waals surface area (Å²) in [7, 11) is 0. The first-order valence-electron chi connectivity index (χ1n) is 5.04. The highest BCUT2D eigenvalue weighted by Crippen LogP contribution is 2.36. The predicted octanol–water partition coefficient (Wildman–Crippen LogP) is 1.75. The predicted molar refractivity (Wildman–Crippen MR) is 58.3 cm³/mol. The first kappa shape index (κ1) is 12.6. The Kier molecular flexibility index (Phi) is 3.12. The van der Waals surface area contributed by atoms with Crippen molar-refractivity contribution in [3.63, 3.8) is 0 Å². The number of pyridine rings is 1. The summed E-state index contributed by atoms with van der Waals surface area (Å²) in [5.74, 6) is -1.45. The lowest BCUT2D eigenvalue weighted by atomic mass is 9.95. The van der Waals surface area contributed by atoms with Crippen LogP contribution in [-0.2, 0) is 10.3 Å². The van der Waals surface area contributed by atoms with Crippen LogP contribution in [0.4, 0.5) is 19.0 Å². The van der Waals surface area contributed by atoms with E-state index in [1.165, 1.54) is 0 Å². The Hall–Kier alpha value is -1.83. The van der Waals surface area contributed by atoms with E-state index in [-0.39, 0.29) is 18.3 Å². The highest BCUT2D eigenvalue weighted by atomic mass is 19.3. The Bertz CT molecular complexity index is 494. The number of alkyl halides is 2. The van der Waals surface area contributed by atoms with E-state index in [4.69, 9.17) is 16.2 Å². The molecule has 0 bridgehead atoms. The van der Waals surface area contributed by atoms with E-state index in [1.54, 1.807) is 0 Å². The minimum absolute atomic E-state index is 0.0867. The van der Waals surface area contributed by atoms with E-state index < -0.39 is 30.1 Å². The van der Waals surface area contributed by atoms with Crippen molar-refractivity contribution in [2.75, 3.05) is 13.2 Å². The summed E-state index contributed by atoms with van der Waals surface area (Å²) in [5, 5.41) is 0. The van der Waals surface area contributed by atoms with E-state index in [9.17, 15) is 13.2 Å². The van der Waals surface area contributed by atoms with E-state index in [0.29, 0.717) is 0 Å². The normalized spacial score (nSPS) is 24.1. The summed E-state index contributed by atoms with van der Waals surface area (Å²) in [6.45, 7) is -0.616. The molecule has 0 amide bonds. The van der Waals surface area contributed by atoms with Gasteiger partial charge in [-0.25, -0.2) is 13.2 Å². The molecule has 8 heteroatoms. The summed E-state index contributed by atoms with van der Waals surface area (Å²) in [6.07, 6.45) is -3.04. The molecular formula is C10H10F3N4O-. The number of nitrogens with zero attached hydrogens (tertiary/aromatic N) is 2. The molecule has 1 aromatic rings. The fourth-order valence-corrected chi connectivity index (χ4v) is 1.71. The van der Waals surface area contributed by atoms with Gasteiger partial charge in [0.15, 0.2) is 5.54 Å². The number of aromatic nitrogens is 1. The molecule has 0 saturated carbocycles. The highest BCUT2D eigenvalue weighted by Gasteiger charge is 2.45. The van der Waals surface area contributed by atoms with Crippen molar-refractivity contribution in [1.29, 1.82) is 0 Å². The van der Waals surface area contributed by atoms with Gasteiger partial charge in [-0.15, -0.1) is 0 Å². The standard InChI is InChI=1S/C10H10F3N4O/c11-5-1-2-6(14)16-8(5)10(9(12)13)4-18-3-7(15)17-10/h1-2,9H,3-4H2,(H3-,14,15,16,17)/q-1/t10-/m1/s1. The molecule has 2 heterocycles. The number of nitrogens with two attached hydrogens (primary N) is 1. The van der Waals surface area contributed by atoms with E-state index in [0.717, 1.165) is 12.1 Å². The van der Waals surface area contributed by atoms with Gasteiger partial charge < -0.3 is 21.2 Å². The van der Waals surface area contributed by atoms with Gasteiger partial charge in [0, 0.05) is 5.69 Å². The summed E-state index contributed by atoms with van der Waals surface area (Å²) < 4.78 is 45.0. The second-order valence-corrected chi connectivity index (χ2v) is 3.85. The number of amidine groups is 1. The molecule has 18 heavy (non-hydrogen) atoms. The van der Waals surface area contributed by atoms with Gasteiger partial charge in [-0.1, -0.05) is 11.9 Å². The average Bonchev–Trinajstić information content (AvgIpc) is 2.32. The summed E-state index contributed by atoms with van der Waals surface area (Å²) >= 11 is 0. The molecule has 0 spiro atoms. The van der Waals surface area contributed by atoms with Gasteiger partial charge in [-0.2, -0.15) is 0 Å². The molecule has 1 aromatic heterocycles. The Labute approximate surface area is 101 Å². The number of rotatable bonds is 2. The van der Waals surface area contributed by atoms with Crippen LogP contribution in [0.1, 0.15) is 5.69 Å². The molecule has 0 radical (unpaired) electrons. The Morgan fingerprint density at radius 1 is 1.44 bits per heavy atom. The number of aliphatic imine (C=N–C) groups is 1. The summed E-state index contributed by atoms with van der Waals surface area (Å²) in [4.78, 5) is 7.11. The first-order chi connectivity index (χ1) is 8.45. The maximum Gasteiger partial charge on any atom is 0.269 e. The topological polar surface area (TPSA) is 84.3 Å². The van der Waals surface area contributed by atoms with Crippen molar-refractivity contribution >= 4 is 11.7 Å². The summed E-state index contributed by atoms with van der Waals surface area (Å²) in [6, 6.07) is 1.96. The Morgan fingerprint density at radius 2 is 2.17 bits per heavy atom. The van der Waals surface area contributed by atoms with Gasteiger partial charge in [-0.3, -0.25) is 4.99 Å². The SMILES string of the molecule is [NH-]c1ccc(F)c([C@@]2(C(F)F)COCC(N)=N2)n1. The van der Waals surface area contributed by atoms with Gasteiger partial charge in [0.2, 0.25) is 0 Å². The third-order valence-corrected chi connectivity index (χ3v) is 2.53. The van der Waals surface area contributed by atoms with Crippen molar-refractivity contribution < 1.29 is 17.9 Å². The molecule has 98 valence electrons. The number of halogens is 3. The molecule has 1 aliphatic rings. The van der Waals surface area contributed by atoms with Gasteiger partial charge in [0.25, 0.3) is 6.43 Å². The second kappa shape index (κ2) is 4.45. The molecule has 2 rings (SSSR count). The Balaban J connectivity index is 2.61. The van der Waals surface area contributed by atoms with Crippen LogP contribution in [0.5, 0.6) is 0 Å². The molecule has 0 fully saturated rings. The van der Waals surface area contributed by atoms with Crippen molar-refractivity contribution in [2.45, 2.75) is 12.0 Å². The van der Waals surface area contributed by atoms with Crippen molar-refractivity contribution in [2.24, 2.45) is 10.7 Å². The fraction of sp³-hybridized carbons (Fsp3) is 0.400. The van der Waals surface area contributed by atoms with Crippen LogP contribution in [0.25, 0.3) is 5.73 Å². The third-order valence-electron chi connectivity index (χ3n) is 2.53. The van der Waals surface area contributed by atoms with Gasteiger partial charge in [0.05, 0.1) is 6.61 Å². The lowest BCUT2D eigenvalue weighted by Gasteiger charge is -2.35. The Morgan fingerprint density at radius 3 is 2.78 bits per heavy atom. The molecule has 0 aromatic carbocycles. The molecule has 0 aliphatic carbocycles. The number of hydrogen-bond acceptors (Lipinski definition) is 4. The van der Waals surface area contributed by atoms with Crippen LogP contribution in [0.2, 0.25) is 0 Å². The minimum atomic E-state index is -3.04. The minimum Gasteiger partial charge on any atom is -0.482 e. The van der Waals surface area contributed by atoms with Crippen LogP contribution in [0, 0.1) is 5.82 Å². The largest absolute Gasteiger partial charge is 0.482 e. The maximum atomic E-state index is 13.6. The maximum absolute atomic E-state index is 13.6. The van der Waals surface area contributed by atoms with Gasteiger partial charge in [-0.05, 0) is 6.07 Å². The molecular weight excluding hydrogens is 249 g/mol. The average molecular weight is 259 g/mol. The lowest BCUT2D eigenvalue weighted by molar-refractivity contribution is -0.0167. The van der Waals surface area contributed by atoms with Crippen molar-refractivity contribution in [1.82, 2.24) is 4.98 Å². The lowest BCUT2D eigenvalue weighted by Crippen LogP contribution is -2.45. The molecule has 3 N–H and O–H groups in total. The number of nitrogens with one attached hydrogen (secondary N) is 1. The van der Waals surface area contributed by atoms with Gasteiger partial charge >= 0.3 is 0 Å². The zero-order valence-corrected chi connectivity index (χ0v) is 9.16. The number of ether oxygens (including phenoxy) is 1. The van der Waals surface area contributed by atoms with Crippen molar-refractivity contribution in [3.8, 4) is 0 Å². The third kappa shape index (κ3) is 1.99. The van der Waals surface area contributed by atoms with Crippen LogP contribution in [-0.4, -0.2) is 30.5 Å². The van der Waals surface area contributed by atoms with E-state index in [2.05, 4.69) is 9.98 Å². The molecule has 1 aliphatic heterocycles. The summed E-state index contributed by atoms with van der Waals surface area (Å²) in [5.41, 5.74) is 9.76. The van der Waals surface area contributed by atoms with Crippen LogP contribution in [0.3, 0.4) is 0 Å². The van der Waals surface area contributed by atoms with E-state index >= 15 is 0 Å². The molecule has 5 nitrogen and oxygen atoms in total. The molecule has 1 atom stereocenters. The zero-order chi connectivity index (χ0) is 13.3. The molecule has 0 saturated heterocycles. The quantitative estimate of drug-likeness (QED) is 0.878. The molecule has 0 unspecified atom stereocenters. The van der Waals surface area contributed by atoms with Crippen LogP contribution in [0.15, 0.2) is 17.1 Å². The second-order valence-electron chi connectivity index (χ2n) is 3.85. The van der Waals surface area contributed by atoms with Crippen LogP contribution < -0.4 is 5.73 Å². The first-order valence-corrected chi connectivity index (χ1v) is 5.04. The van der Waals surface area contributed by atoms with Crippen LogP contribution >= 0.6 is 0 Å². The van der Waals surface area contributed by atoms with E-state index in [1.807, 2.05) is 0 Å².